The zero-order chi connectivity index (χ0) is 16.8. The molecule has 3 aromatic rings. The number of carbonyl (C=O) groups is 1. The van der Waals surface area contributed by atoms with Crippen LogP contribution >= 0.6 is 0 Å². The van der Waals surface area contributed by atoms with Crippen LogP contribution in [0.5, 0.6) is 0 Å². The van der Waals surface area contributed by atoms with Crippen LogP contribution in [0.3, 0.4) is 0 Å². The number of furan rings is 1. The minimum absolute atomic E-state index is 0.156. The minimum atomic E-state index is -0.421. The van der Waals surface area contributed by atoms with Gasteiger partial charge in [-0.25, -0.2) is 5.43 Å². The van der Waals surface area contributed by atoms with Crippen molar-refractivity contribution in [2.24, 2.45) is 5.10 Å². The summed E-state index contributed by atoms with van der Waals surface area (Å²) in [6.07, 6.45) is 2.88. The van der Waals surface area contributed by atoms with Crippen LogP contribution in [-0.4, -0.2) is 32.3 Å². The van der Waals surface area contributed by atoms with Crippen LogP contribution in [-0.2, 0) is 11.3 Å². The maximum absolute atomic E-state index is 11.8. The number of tetrazole rings is 1. The van der Waals surface area contributed by atoms with Crippen molar-refractivity contribution in [3.63, 3.8) is 0 Å². The van der Waals surface area contributed by atoms with Crippen molar-refractivity contribution in [2.75, 3.05) is 0 Å². The molecule has 1 N–H and O–H groups in total. The number of rotatable bonds is 5. The van der Waals surface area contributed by atoms with Crippen molar-refractivity contribution in [3.05, 3.63) is 54.0 Å². The summed E-state index contributed by atoms with van der Waals surface area (Å²) in [4.78, 5) is 12.9. The Labute approximate surface area is 136 Å². The molecule has 0 saturated carbocycles. The molecule has 9 heteroatoms. The summed E-state index contributed by atoms with van der Waals surface area (Å²) in [6, 6.07) is 12.4. The molecule has 0 fully saturated rings. The summed E-state index contributed by atoms with van der Waals surface area (Å²) in [5, 5.41) is 24.6. The van der Waals surface area contributed by atoms with Crippen LogP contribution in [0.4, 0.5) is 0 Å². The summed E-state index contributed by atoms with van der Waals surface area (Å²) >= 11 is 0. The van der Waals surface area contributed by atoms with Gasteiger partial charge < -0.3 is 4.42 Å². The Balaban J connectivity index is 1.64. The van der Waals surface area contributed by atoms with Gasteiger partial charge >= 0.3 is 0 Å². The highest BCUT2D eigenvalue weighted by Gasteiger charge is 2.11. The molecule has 118 valence electrons. The van der Waals surface area contributed by atoms with Crippen molar-refractivity contribution in [1.82, 2.24) is 25.6 Å². The van der Waals surface area contributed by atoms with Crippen molar-refractivity contribution < 1.29 is 9.21 Å². The van der Waals surface area contributed by atoms with Gasteiger partial charge in [-0.15, -0.1) is 10.2 Å². The second-order valence-electron chi connectivity index (χ2n) is 4.61. The van der Waals surface area contributed by atoms with Crippen LogP contribution in [0.1, 0.15) is 11.3 Å². The van der Waals surface area contributed by atoms with Crippen LogP contribution in [0.2, 0.25) is 0 Å². The first-order chi connectivity index (χ1) is 11.8. The number of hydrogen-bond donors (Lipinski definition) is 1. The first kappa shape index (κ1) is 15.1. The van der Waals surface area contributed by atoms with Gasteiger partial charge in [0.15, 0.2) is 0 Å². The van der Waals surface area contributed by atoms with E-state index in [1.54, 1.807) is 36.4 Å². The molecule has 0 unspecified atom stereocenters. The van der Waals surface area contributed by atoms with Gasteiger partial charge in [0, 0.05) is 5.56 Å². The van der Waals surface area contributed by atoms with Gasteiger partial charge in [0.1, 0.15) is 12.3 Å². The fraction of sp³-hybridized carbons (Fsp3) is 0.0667. The molecule has 0 radical (unpaired) electrons. The van der Waals surface area contributed by atoms with E-state index in [0.717, 1.165) is 4.80 Å². The average molecular weight is 321 g/mol. The molecular formula is C15H11N7O2. The molecule has 2 heterocycles. The molecule has 9 nitrogen and oxygen atoms in total. The van der Waals surface area contributed by atoms with Gasteiger partial charge in [0.05, 0.1) is 24.1 Å². The molecule has 0 aliphatic rings. The predicted molar refractivity (Wildman–Crippen MR) is 82.4 cm³/mol. The van der Waals surface area contributed by atoms with Crippen molar-refractivity contribution in [2.45, 2.75) is 6.54 Å². The van der Waals surface area contributed by atoms with Gasteiger partial charge in [0.2, 0.25) is 5.82 Å². The maximum atomic E-state index is 11.8. The highest BCUT2D eigenvalue weighted by Crippen LogP contribution is 2.17. The van der Waals surface area contributed by atoms with E-state index < -0.39 is 5.91 Å². The standard InChI is InChI=1S/C15H11N7O2/c16-8-11-4-1-2-6-13(11)15-19-21-22(20-15)10-14(23)18-17-9-12-5-3-7-24-12/h1-7,9H,10H2,(H,18,23). The number of carbonyl (C=O) groups excluding carboxylic acids is 1. The Morgan fingerprint density at radius 1 is 1.38 bits per heavy atom. The quantitative estimate of drug-likeness (QED) is 0.551. The van der Waals surface area contributed by atoms with Crippen LogP contribution in [0.15, 0.2) is 52.2 Å². The smallest absolute Gasteiger partial charge is 0.263 e. The summed E-state index contributed by atoms with van der Waals surface area (Å²) in [6.45, 7) is -0.156. The lowest BCUT2D eigenvalue weighted by Crippen LogP contribution is -2.24. The molecule has 0 aliphatic carbocycles. The lowest BCUT2D eigenvalue weighted by molar-refractivity contribution is -0.122. The van der Waals surface area contributed by atoms with Gasteiger partial charge in [-0.2, -0.15) is 15.2 Å². The summed E-state index contributed by atoms with van der Waals surface area (Å²) in [7, 11) is 0. The van der Waals surface area contributed by atoms with E-state index >= 15 is 0 Å². The lowest BCUT2D eigenvalue weighted by atomic mass is 10.1. The zero-order valence-corrected chi connectivity index (χ0v) is 12.3. The highest BCUT2D eigenvalue weighted by molar-refractivity contribution is 5.80. The Morgan fingerprint density at radius 2 is 2.25 bits per heavy atom. The molecule has 0 bridgehead atoms. The number of aromatic nitrogens is 4. The third-order valence-electron chi connectivity index (χ3n) is 2.95. The van der Waals surface area contributed by atoms with Crippen LogP contribution in [0, 0.1) is 11.3 Å². The van der Waals surface area contributed by atoms with E-state index in [1.165, 1.54) is 12.5 Å². The van der Waals surface area contributed by atoms with Crippen LogP contribution < -0.4 is 5.43 Å². The number of benzene rings is 1. The maximum Gasteiger partial charge on any atom is 0.263 e. The normalized spacial score (nSPS) is 10.6. The predicted octanol–water partition coefficient (Wildman–Crippen LogP) is 0.955. The topological polar surface area (TPSA) is 122 Å². The number of amides is 1. The largest absolute Gasteiger partial charge is 0.463 e. The fourth-order valence-electron chi connectivity index (χ4n) is 1.89. The molecule has 0 spiro atoms. The van der Waals surface area contributed by atoms with E-state index in [4.69, 9.17) is 9.68 Å². The Morgan fingerprint density at radius 3 is 3.04 bits per heavy atom. The summed E-state index contributed by atoms with van der Waals surface area (Å²) < 4.78 is 5.04. The molecule has 1 aromatic carbocycles. The number of hydrogen-bond acceptors (Lipinski definition) is 7. The Bertz CT molecular complexity index is 906. The second kappa shape index (κ2) is 6.97. The zero-order valence-electron chi connectivity index (χ0n) is 12.3. The van der Waals surface area contributed by atoms with Crippen molar-refractivity contribution >= 4 is 12.1 Å². The SMILES string of the molecule is N#Cc1ccccc1-c1nnn(CC(=O)NN=Cc2ccco2)n1. The molecule has 24 heavy (non-hydrogen) atoms. The molecule has 2 aromatic heterocycles. The number of nitrogens with zero attached hydrogens (tertiary/aromatic N) is 6. The number of nitriles is 1. The van der Waals surface area contributed by atoms with E-state index in [0.29, 0.717) is 16.9 Å². The van der Waals surface area contributed by atoms with E-state index in [-0.39, 0.29) is 12.4 Å². The minimum Gasteiger partial charge on any atom is -0.463 e. The van der Waals surface area contributed by atoms with Crippen LogP contribution in [0.25, 0.3) is 11.4 Å². The monoisotopic (exact) mass is 321 g/mol. The fourth-order valence-corrected chi connectivity index (χ4v) is 1.89. The lowest BCUT2D eigenvalue weighted by Gasteiger charge is -1.98. The highest BCUT2D eigenvalue weighted by atomic mass is 16.3. The number of hydrazone groups is 1. The van der Waals surface area contributed by atoms with E-state index in [9.17, 15) is 4.79 Å². The first-order valence-corrected chi connectivity index (χ1v) is 6.89. The van der Waals surface area contributed by atoms with Gasteiger partial charge in [0.25, 0.3) is 5.91 Å². The van der Waals surface area contributed by atoms with E-state index in [1.807, 2.05) is 0 Å². The molecule has 0 saturated heterocycles. The molecule has 3 rings (SSSR count). The Hall–Kier alpha value is -3.80. The molecule has 0 aliphatic heterocycles. The third kappa shape index (κ3) is 3.50. The molecular weight excluding hydrogens is 310 g/mol. The third-order valence-corrected chi connectivity index (χ3v) is 2.95. The van der Waals surface area contributed by atoms with Crippen molar-refractivity contribution in [1.29, 1.82) is 5.26 Å². The summed E-state index contributed by atoms with van der Waals surface area (Å²) in [5.41, 5.74) is 3.32. The average Bonchev–Trinajstić information content (AvgIpc) is 3.27. The first-order valence-electron chi connectivity index (χ1n) is 6.89. The molecule has 1 amide bonds. The van der Waals surface area contributed by atoms with Gasteiger partial charge in [-0.05, 0) is 29.5 Å². The summed E-state index contributed by atoms with van der Waals surface area (Å²) in [5.74, 6) is 0.374. The van der Waals surface area contributed by atoms with Gasteiger partial charge in [-0.3, -0.25) is 4.79 Å². The number of nitrogens with one attached hydrogen (secondary N) is 1. The Kier molecular flexibility index (Phi) is 4.39. The van der Waals surface area contributed by atoms with E-state index in [2.05, 4.69) is 32.0 Å². The molecule has 0 atom stereocenters. The van der Waals surface area contributed by atoms with Gasteiger partial charge in [-0.1, -0.05) is 12.1 Å². The second-order valence-corrected chi connectivity index (χ2v) is 4.61. The van der Waals surface area contributed by atoms with Crippen molar-refractivity contribution in [3.8, 4) is 17.5 Å².